The quantitative estimate of drug-likeness (QED) is 0.362. The van der Waals surface area contributed by atoms with E-state index in [0.717, 1.165) is 19.1 Å². The molecule has 0 saturated heterocycles. The third-order valence-electron chi connectivity index (χ3n) is 8.45. The number of aromatic nitrogens is 4. The Bertz CT molecular complexity index is 1420. The highest BCUT2D eigenvalue weighted by atomic mass is 19.3. The molecule has 2 atom stereocenters. The number of amides is 2. The van der Waals surface area contributed by atoms with Gasteiger partial charge in [0, 0.05) is 44.5 Å². The van der Waals surface area contributed by atoms with Gasteiger partial charge in [0.05, 0.1) is 23.3 Å². The first-order chi connectivity index (χ1) is 19.0. The summed E-state index contributed by atoms with van der Waals surface area (Å²) in [6.07, 6.45) is 5.83. The average molecular weight is 563 g/mol. The first kappa shape index (κ1) is 26.7. The zero-order chi connectivity index (χ0) is 28.2. The van der Waals surface area contributed by atoms with Crippen LogP contribution in [-0.4, -0.2) is 43.2 Å². The summed E-state index contributed by atoms with van der Waals surface area (Å²) in [5, 5.41) is 7.01. The van der Waals surface area contributed by atoms with Crippen molar-refractivity contribution in [3.8, 4) is 0 Å². The molecule has 9 nitrogen and oxygen atoms in total. The molecule has 3 aliphatic carbocycles. The number of nitrogens with one attached hydrogen (secondary N) is 1. The first-order valence-electron chi connectivity index (χ1n) is 13.6. The maximum atomic E-state index is 14.0. The molecule has 2 amide bonds. The molecule has 13 heteroatoms. The third-order valence-corrected chi connectivity index (χ3v) is 8.45. The van der Waals surface area contributed by atoms with Crippen molar-refractivity contribution >= 4 is 17.6 Å². The van der Waals surface area contributed by atoms with E-state index in [0.29, 0.717) is 17.2 Å². The summed E-state index contributed by atoms with van der Waals surface area (Å²) in [6, 6.07) is 1.41. The Kier molecular flexibility index (Phi) is 6.57. The molecule has 3 aromatic rings. The zero-order valence-electron chi connectivity index (χ0n) is 21.7. The van der Waals surface area contributed by atoms with Crippen molar-refractivity contribution in [2.75, 3.05) is 0 Å². The predicted molar refractivity (Wildman–Crippen MR) is 133 cm³/mol. The smallest absolute Gasteiger partial charge is 0.253 e. The van der Waals surface area contributed by atoms with Gasteiger partial charge in [-0.2, -0.15) is 0 Å². The highest BCUT2D eigenvalue weighted by Gasteiger charge is 2.46. The summed E-state index contributed by atoms with van der Waals surface area (Å²) in [5.41, 5.74) is 6.97. The number of hydrogen-bond donors (Lipinski definition) is 2. The molecule has 40 heavy (non-hydrogen) atoms. The highest BCUT2D eigenvalue weighted by Crippen LogP contribution is 2.46. The van der Waals surface area contributed by atoms with Crippen LogP contribution in [0.4, 0.5) is 17.6 Å². The van der Waals surface area contributed by atoms with Crippen LogP contribution in [0.15, 0.2) is 29.2 Å². The van der Waals surface area contributed by atoms with Crippen molar-refractivity contribution in [3.63, 3.8) is 0 Å². The van der Waals surface area contributed by atoms with Crippen LogP contribution >= 0.6 is 0 Å². The van der Waals surface area contributed by atoms with E-state index in [9.17, 15) is 27.2 Å². The number of rotatable bonds is 9. The molecule has 3 aromatic heterocycles. The standard InChI is InChI=1S/C27H30F4N6O3/c28-26(29)6-3-15(4-7-26)21(23-17(24(32)39)13-40-36-23)19-12-37-8-5-18(33-25(37)34-19)22(16-1-2-16)35-20(38)9-14-10-27(30,31)11-14/h5,8,12-16,21-22H,1-4,6-7,9-11H2,(H2,32,39)(H,35,38)/t21-,22-/m0/s1. The van der Waals surface area contributed by atoms with Gasteiger partial charge in [0.2, 0.25) is 23.5 Å². The minimum absolute atomic E-state index is 0.0522. The summed E-state index contributed by atoms with van der Waals surface area (Å²) in [6.45, 7) is 0. The fourth-order valence-corrected chi connectivity index (χ4v) is 6.17. The van der Waals surface area contributed by atoms with Gasteiger partial charge < -0.3 is 15.6 Å². The lowest BCUT2D eigenvalue weighted by Crippen LogP contribution is -2.39. The van der Waals surface area contributed by atoms with Crippen LogP contribution in [0.3, 0.4) is 0 Å². The van der Waals surface area contributed by atoms with Gasteiger partial charge in [-0.3, -0.25) is 14.0 Å². The lowest BCUT2D eigenvalue weighted by Gasteiger charge is -2.34. The molecular weight excluding hydrogens is 532 g/mol. The van der Waals surface area contributed by atoms with E-state index < -0.39 is 23.7 Å². The van der Waals surface area contributed by atoms with Gasteiger partial charge in [-0.15, -0.1) is 0 Å². The van der Waals surface area contributed by atoms with Gasteiger partial charge in [0.1, 0.15) is 17.5 Å². The Morgan fingerprint density at radius 3 is 2.40 bits per heavy atom. The van der Waals surface area contributed by atoms with E-state index >= 15 is 0 Å². The number of carbonyl (C=O) groups excluding carboxylic acids is 2. The van der Waals surface area contributed by atoms with Crippen LogP contribution in [0, 0.1) is 17.8 Å². The molecule has 0 unspecified atom stereocenters. The topological polar surface area (TPSA) is 128 Å². The van der Waals surface area contributed by atoms with Gasteiger partial charge in [0.25, 0.3) is 5.91 Å². The van der Waals surface area contributed by atoms with Crippen molar-refractivity contribution < 1.29 is 31.7 Å². The number of halogens is 4. The predicted octanol–water partition coefficient (Wildman–Crippen LogP) is 4.78. The largest absolute Gasteiger partial charge is 0.365 e. The monoisotopic (exact) mass is 562 g/mol. The van der Waals surface area contributed by atoms with Gasteiger partial charge in [-0.25, -0.2) is 27.5 Å². The highest BCUT2D eigenvalue weighted by molar-refractivity contribution is 5.93. The summed E-state index contributed by atoms with van der Waals surface area (Å²) >= 11 is 0. The Labute approximate surface area is 226 Å². The van der Waals surface area contributed by atoms with E-state index in [1.165, 1.54) is 0 Å². The molecule has 3 saturated carbocycles. The lowest BCUT2D eigenvalue weighted by molar-refractivity contribution is -0.134. The van der Waals surface area contributed by atoms with Crippen LogP contribution in [0.25, 0.3) is 5.78 Å². The second kappa shape index (κ2) is 9.84. The molecule has 0 bridgehead atoms. The molecule has 0 radical (unpaired) electrons. The van der Waals surface area contributed by atoms with Crippen LogP contribution in [0.2, 0.25) is 0 Å². The molecule has 0 spiro atoms. The minimum Gasteiger partial charge on any atom is -0.365 e. The average Bonchev–Trinajstić information content (AvgIpc) is 3.43. The van der Waals surface area contributed by atoms with Crippen molar-refractivity contribution in [2.24, 2.45) is 23.5 Å². The molecule has 0 aliphatic heterocycles. The minimum atomic E-state index is -2.74. The van der Waals surface area contributed by atoms with Gasteiger partial charge >= 0.3 is 0 Å². The van der Waals surface area contributed by atoms with Crippen molar-refractivity contribution in [1.82, 2.24) is 24.8 Å². The second-order valence-corrected chi connectivity index (χ2v) is 11.6. The summed E-state index contributed by atoms with van der Waals surface area (Å²) in [4.78, 5) is 34.1. The maximum absolute atomic E-state index is 14.0. The molecule has 3 heterocycles. The molecule has 0 aromatic carbocycles. The van der Waals surface area contributed by atoms with E-state index in [1.54, 1.807) is 22.9 Å². The third kappa shape index (κ3) is 5.42. The number of primary amides is 1. The number of fused-ring (bicyclic) bond motifs is 1. The molecule has 3 fully saturated rings. The Balaban J connectivity index is 1.27. The maximum Gasteiger partial charge on any atom is 0.253 e. The van der Waals surface area contributed by atoms with Crippen LogP contribution in [0.5, 0.6) is 0 Å². The number of hydrogen-bond acceptors (Lipinski definition) is 6. The first-order valence-corrected chi connectivity index (χ1v) is 13.6. The van der Waals surface area contributed by atoms with Gasteiger partial charge in [-0.1, -0.05) is 5.16 Å². The Morgan fingerprint density at radius 1 is 1.05 bits per heavy atom. The van der Waals surface area contributed by atoms with Crippen LogP contribution < -0.4 is 11.1 Å². The fourth-order valence-electron chi connectivity index (χ4n) is 6.17. The number of nitrogens with zero attached hydrogens (tertiary/aromatic N) is 4. The van der Waals surface area contributed by atoms with Crippen molar-refractivity contribution in [2.45, 2.75) is 81.6 Å². The van der Waals surface area contributed by atoms with E-state index in [2.05, 4.69) is 10.5 Å². The normalized spacial score (nSPS) is 22.5. The van der Waals surface area contributed by atoms with Crippen molar-refractivity contribution in [3.05, 3.63) is 47.4 Å². The molecular formula is C27H30F4N6O3. The number of carbonyl (C=O) groups is 2. The molecule has 3 aliphatic rings. The van der Waals surface area contributed by atoms with Crippen LogP contribution in [-0.2, 0) is 4.79 Å². The Morgan fingerprint density at radius 2 is 1.75 bits per heavy atom. The molecule has 214 valence electrons. The van der Waals surface area contributed by atoms with Gasteiger partial charge in [0.15, 0.2) is 0 Å². The van der Waals surface area contributed by atoms with Crippen molar-refractivity contribution in [1.29, 1.82) is 0 Å². The zero-order valence-corrected chi connectivity index (χ0v) is 21.7. The lowest BCUT2D eigenvalue weighted by atomic mass is 9.75. The number of imidazole rings is 1. The Hall–Kier alpha value is -3.51. The summed E-state index contributed by atoms with van der Waals surface area (Å²) in [7, 11) is 0. The molecule has 3 N–H and O–H groups in total. The van der Waals surface area contributed by atoms with Gasteiger partial charge in [-0.05, 0) is 49.5 Å². The molecule has 6 rings (SSSR count). The van der Waals surface area contributed by atoms with E-state index in [-0.39, 0.29) is 85.9 Å². The summed E-state index contributed by atoms with van der Waals surface area (Å²) < 4.78 is 61.1. The SMILES string of the molecule is NC(=O)c1conc1[C@H](c1cn2ccc([C@@H](NC(=O)CC3CC(F)(F)C3)C3CC3)nc2n1)C1CCC(F)(F)CC1. The number of alkyl halides is 4. The van der Waals surface area contributed by atoms with E-state index in [4.69, 9.17) is 20.2 Å². The fraction of sp³-hybridized carbons (Fsp3) is 0.593. The summed E-state index contributed by atoms with van der Waals surface area (Å²) in [5.74, 6) is -7.10. The number of nitrogens with two attached hydrogens (primary N) is 1. The second-order valence-electron chi connectivity index (χ2n) is 11.6. The van der Waals surface area contributed by atoms with E-state index in [1.807, 2.05) is 0 Å². The van der Waals surface area contributed by atoms with Crippen LogP contribution in [0.1, 0.15) is 97.2 Å².